The molecule has 0 amide bonds. The summed E-state index contributed by atoms with van der Waals surface area (Å²) in [6.07, 6.45) is 1.49. The van der Waals surface area contributed by atoms with E-state index in [1.165, 1.54) is 18.0 Å². The molecule has 1 heterocycles. The predicted octanol–water partition coefficient (Wildman–Crippen LogP) is 4.13. The Hall–Kier alpha value is -2.49. The highest BCUT2D eigenvalue weighted by Gasteiger charge is 2.08. The fourth-order valence-corrected chi connectivity index (χ4v) is 2.11. The molecule has 3 aromatic rings. The first kappa shape index (κ1) is 12.5. The van der Waals surface area contributed by atoms with Gasteiger partial charge in [-0.05, 0) is 49.2 Å². The van der Waals surface area contributed by atoms with E-state index in [0.29, 0.717) is 11.5 Å². The Balaban J connectivity index is 2.12. The topological polar surface area (TPSA) is 37.8 Å². The van der Waals surface area contributed by atoms with Crippen molar-refractivity contribution in [3.05, 3.63) is 59.7 Å². The van der Waals surface area contributed by atoms with E-state index in [1.54, 1.807) is 18.2 Å². The van der Waals surface area contributed by atoms with E-state index < -0.39 is 0 Å². The van der Waals surface area contributed by atoms with Gasteiger partial charge in [0.2, 0.25) is 0 Å². The van der Waals surface area contributed by atoms with Gasteiger partial charge < -0.3 is 5.32 Å². The summed E-state index contributed by atoms with van der Waals surface area (Å²) in [5.41, 5.74) is 3.59. The van der Waals surface area contributed by atoms with Gasteiger partial charge in [0.25, 0.3) is 0 Å². The number of aromatic nitrogens is 2. The molecular weight excluding hydrogens is 253 g/mol. The minimum absolute atomic E-state index is 0.303. The minimum atomic E-state index is -0.303. The number of anilines is 2. The van der Waals surface area contributed by atoms with E-state index in [0.717, 1.165) is 16.5 Å². The van der Waals surface area contributed by atoms with E-state index in [9.17, 15) is 4.39 Å². The SMILES string of the molecule is Cc1cc2ncnc(Nc3ccccc3F)c2cc1C. The van der Waals surface area contributed by atoms with Crippen molar-refractivity contribution in [2.45, 2.75) is 13.8 Å². The normalized spacial score (nSPS) is 10.8. The van der Waals surface area contributed by atoms with Crippen LogP contribution in [0.3, 0.4) is 0 Å². The summed E-state index contributed by atoms with van der Waals surface area (Å²) in [5, 5.41) is 3.92. The maximum Gasteiger partial charge on any atom is 0.146 e. The van der Waals surface area contributed by atoms with Gasteiger partial charge in [-0.3, -0.25) is 0 Å². The molecule has 20 heavy (non-hydrogen) atoms. The number of halogens is 1. The molecule has 0 aliphatic heterocycles. The lowest BCUT2D eigenvalue weighted by Gasteiger charge is -2.10. The van der Waals surface area contributed by atoms with Crippen molar-refractivity contribution in [1.29, 1.82) is 0 Å². The van der Waals surface area contributed by atoms with Crippen molar-refractivity contribution in [2.75, 3.05) is 5.32 Å². The Labute approximate surface area is 116 Å². The summed E-state index contributed by atoms with van der Waals surface area (Å²) >= 11 is 0. The summed E-state index contributed by atoms with van der Waals surface area (Å²) in [6.45, 7) is 4.08. The largest absolute Gasteiger partial charge is 0.337 e. The Morgan fingerprint density at radius 1 is 1.00 bits per heavy atom. The van der Waals surface area contributed by atoms with Gasteiger partial charge in [-0.15, -0.1) is 0 Å². The second-order valence-corrected chi connectivity index (χ2v) is 4.78. The number of para-hydroxylation sites is 1. The van der Waals surface area contributed by atoms with Crippen molar-refractivity contribution >= 4 is 22.4 Å². The van der Waals surface area contributed by atoms with Gasteiger partial charge >= 0.3 is 0 Å². The zero-order valence-electron chi connectivity index (χ0n) is 11.3. The lowest BCUT2D eigenvalue weighted by atomic mass is 10.1. The van der Waals surface area contributed by atoms with Crippen LogP contribution in [-0.4, -0.2) is 9.97 Å². The molecule has 0 atom stereocenters. The molecular formula is C16H14FN3. The number of rotatable bonds is 2. The Bertz CT molecular complexity index is 784. The van der Waals surface area contributed by atoms with Gasteiger partial charge in [0.05, 0.1) is 11.2 Å². The maximum absolute atomic E-state index is 13.7. The molecule has 4 heteroatoms. The van der Waals surface area contributed by atoms with Crippen molar-refractivity contribution in [1.82, 2.24) is 9.97 Å². The Morgan fingerprint density at radius 3 is 2.55 bits per heavy atom. The van der Waals surface area contributed by atoms with Crippen LogP contribution in [0.2, 0.25) is 0 Å². The van der Waals surface area contributed by atoms with E-state index in [2.05, 4.69) is 15.3 Å². The van der Waals surface area contributed by atoms with Gasteiger partial charge in [-0.25, -0.2) is 14.4 Å². The van der Waals surface area contributed by atoms with Crippen LogP contribution in [-0.2, 0) is 0 Å². The quantitative estimate of drug-likeness (QED) is 0.758. The summed E-state index contributed by atoms with van der Waals surface area (Å²) in [4.78, 5) is 8.49. The second kappa shape index (κ2) is 4.89. The molecule has 2 aromatic carbocycles. The van der Waals surface area contributed by atoms with Crippen LogP contribution in [0.5, 0.6) is 0 Å². The summed E-state index contributed by atoms with van der Waals surface area (Å²) in [6, 6.07) is 10.6. The van der Waals surface area contributed by atoms with Gasteiger partial charge in [-0.1, -0.05) is 12.1 Å². The average Bonchev–Trinajstić information content (AvgIpc) is 2.43. The second-order valence-electron chi connectivity index (χ2n) is 4.78. The fourth-order valence-electron chi connectivity index (χ4n) is 2.11. The van der Waals surface area contributed by atoms with Gasteiger partial charge in [0.15, 0.2) is 0 Å². The van der Waals surface area contributed by atoms with Crippen LogP contribution in [0.15, 0.2) is 42.7 Å². The van der Waals surface area contributed by atoms with Crippen molar-refractivity contribution in [2.24, 2.45) is 0 Å². The zero-order chi connectivity index (χ0) is 14.1. The van der Waals surface area contributed by atoms with E-state index >= 15 is 0 Å². The number of aryl methyl sites for hydroxylation is 2. The van der Waals surface area contributed by atoms with Crippen molar-refractivity contribution in [3.63, 3.8) is 0 Å². The zero-order valence-corrected chi connectivity index (χ0v) is 11.3. The molecule has 0 aliphatic carbocycles. The van der Waals surface area contributed by atoms with Gasteiger partial charge in [-0.2, -0.15) is 0 Å². The average molecular weight is 267 g/mol. The molecule has 3 nitrogen and oxygen atoms in total. The molecule has 0 spiro atoms. The highest BCUT2D eigenvalue weighted by Crippen LogP contribution is 2.26. The molecule has 1 N–H and O–H groups in total. The van der Waals surface area contributed by atoms with Crippen molar-refractivity contribution < 1.29 is 4.39 Å². The molecule has 0 unspecified atom stereocenters. The number of nitrogens with zero attached hydrogens (tertiary/aromatic N) is 2. The molecule has 0 bridgehead atoms. The lowest BCUT2D eigenvalue weighted by Crippen LogP contribution is -1.98. The summed E-state index contributed by atoms with van der Waals surface area (Å²) in [5.74, 6) is 0.311. The van der Waals surface area contributed by atoms with Crippen LogP contribution in [0.1, 0.15) is 11.1 Å². The minimum Gasteiger partial charge on any atom is -0.337 e. The third-order valence-electron chi connectivity index (χ3n) is 3.38. The molecule has 0 saturated heterocycles. The standard InChI is InChI=1S/C16H14FN3/c1-10-7-12-15(8-11(10)2)18-9-19-16(12)20-14-6-4-3-5-13(14)17/h3-9H,1-2H3,(H,18,19,20). The van der Waals surface area contributed by atoms with Gasteiger partial charge in [0, 0.05) is 5.39 Å². The number of fused-ring (bicyclic) bond motifs is 1. The predicted molar refractivity (Wildman–Crippen MR) is 78.7 cm³/mol. The number of hydrogen-bond acceptors (Lipinski definition) is 3. The van der Waals surface area contributed by atoms with Crippen molar-refractivity contribution in [3.8, 4) is 0 Å². The number of nitrogens with one attached hydrogen (secondary N) is 1. The van der Waals surface area contributed by atoms with E-state index in [4.69, 9.17) is 0 Å². The summed E-state index contributed by atoms with van der Waals surface area (Å²) in [7, 11) is 0. The molecule has 3 rings (SSSR count). The molecule has 0 aliphatic rings. The van der Waals surface area contributed by atoms with Gasteiger partial charge in [0.1, 0.15) is 18.0 Å². The highest BCUT2D eigenvalue weighted by molar-refractivity contribution is 5.91. The molecule has 0 fully saturated rings. The third-order valence-corrected chi connectivity index (χ3v) is 3.38. The molecule has 1 aromatic heterocycles. The first-order valence-electron chi connectivity index (χ1n) is 6.38. The first-order chi connectivity index (χ1) is 9.65. The Kier molecular flexibility index (Phi) is 3.06. The van der Waals surface area contributed by atoms with Crippen LogP contribution in [0.4, 0.5) is 15.9 Å². The fraction of sp³-hybridized carbons (Fsp3) is 0.125. The van der Waals surface area contributed by atoms with Crippen LogP contribution >= 0.6 is 0 Å². The van der Waals surface area contributed by atoms with Crippen LogP contribution < -0.4 is 5.32 Å². The highest BCUT2D eigenvalue weighted by atomic mass is 19.1. The Morgan fingerprint density at radius 2 is 1.75 bits per heavy atom. The van der Waals surface area contributed by atoms with Crippen LogP contribution in [0, 0.1) is 19.7 Å². The van der Waals surface area contributed by atoms with Crippen LogP contribution in [0.25, 0.3) is 10.9 Å². The molecule has 0 saturated carbocycles. The van der Waals surface area contributed by atoms with E-state index in [1.807, 2.05) is 26.0 Å². The maximum atomic E-state index is 13.7. The molecule has 0 radical (unpaired) electrons. The smallest absolute Gasteiger partial charge is 0.146 e. The first-order valence-corrected chi connectivity index (χ1v) is 6.38. The molecule has 100 valence electrons. The number of hydrogen-bond donors (Lipinski definition) is 1. The van der Waals surface area contributed by atoms with E-state index in [-0.39, 0.29) is 5.82 Å². The number of benzene rings is 2. The monoisotopic (exact) mass is 267 g/mol. The lowest BCUT2D eigenvalue weighted by molar-refractivity contribution is 0.632. The summed E-state index contributed by atoms with van der Waals surface area (Å²) < 4.78 is 13.7. The third kappa shape index (κ3) is 2.20.